The Balaban J connectivity index is 2.26. The largest absolute Gasteiger partial charge is 0.384 e. The van der Waals surface area contributed by atoms with Crippen LogP contribution in [0, 0.1) is 0 Å². The van der Waals surface area contributed by atoms with Crippen molar-refractivity contribution in [1.82, 2.24) is 0 Å². The van der Waals surface area contributed by atoms with Gasteiger partial charge in [0.25, 0.3) is 10.0 Å². The number of halogens is 4. The molecule has 0 aliphatic heterocycles. The standard InChI is InChI=1S/C21H16Cl4N2O4S/c22-12-8-9-18(14(10-12)20(29)13-4-1-2-5-15(13)23)27(11-19(26)28)32(30,31)21-16(24)6-3-7-17(21)25/h1-10,20,29H,11H2,(H2,26,28). The topological polar surface area (TPSA) is 101 Å². The van der Waals surface area contributed by atoms with Gasteiger partial charge in [0.05, 0.1) is 15.7 Å². The van der Waals surface area contributed by atoms with Crippen molar-refractivity contribution in [1.29, 1.82) is 0 Å². The van der Waals surface area contributed by atoms with Gasteiger partial charge in [-0.3, -0.25) is 9.10 Å². The molecule has 168 valence electrons. The van der Waals surface area contributed by atoms with E-state index in [0.29, 0.717) is 5.56 Å². The highest BCUT2D eigenvalue weighted by Gasteiger charge is 2.33. The van der Waals surface area contributed by atoms with Crippen molar-refractivity contribution in [2.75, 3.05) is 10.8 Å². The van der Waals surface area contributed by atoms with Gasteiger partial charge in [-0.1, -0.05) is 70.7 Å². The molecule has 0 heterocycles. The van der Waals surface area contributed by atoms with Crippen LogP contribution in [0.2, 0.25) is 20.1 Å². The number of benzene rings is 3. The summed E-state index contributed by atoms with van der Waals surface area (Å²) >= 11 is 24.6. The second-order valence-electron chi connectivity index (χ2n) is 6.66. The minimum Gasteiger partial charge on any atom is -0.384 e. The van der Waals surface area contributed by atoms with Crippen LogP contribution in [0.1, 0.15) is 17.2 Å². The molecule has 1 amide bonds. The first kappa shape index (κ1) is 24.6. The van der Waals surface area contributed by atoms with Crippen LogP contribution in [0.25, 0.3) is 0 Å². The molecule has 0 aliphatic carbocycles. The van der Waals surface area contributed by atoms with Crippen LogP contribution in [-0.4, -0.2) is 26.0 Å². The third kappa shape index (κ3) is 4.98. The van der Waals surface area contributed by atoms with Crippen molar-refractivity contribution >= 4 is 68.0 Å². The molecule has 0 bridgehead atoms. The lowest BCUT2D eigenvalue weighted by molar-refractivity contribution is -0.116. The molecule has 0 radical (unpaired) electrons. The summed E-state index contributed by atoms with van der Waals surface area (Å²) in [6.45, 7) is -0.742. The number of hydrogen-bond acceptors (Lipinski definition) is 4. The number of anilines is 1. The Labute approximate surface area is 205 Å². The Hall–Kier alpha value is -2.00. The molecule has 11 heteroatoms. The Morgan fingerprint density at radius 1 is 0.906 bits per heavy atom. The highest BCUT2D eigenvalue weighted by Crippen LogP contribution is 2.39. The fraction of sp³-hybridized carbons (Fsp3) is 0.0952. The van der Waals surface area contributed by atoms with E-state index in [2.05, 4.69) is 0 Å². The SMILES string of the molecule is NC(=O)CN(c1ccc(Cl)cc1C(O)c1ccccc1Cl)S(=O)(=O)c1c(Cl)cccc1Cl. The lowest BCUT2D eigenvalue weighted by atomic mass is 9.99. The van der Waals surface area contributed by atoms with E-state index in [9.17, 15) is 18.3 Å². The highest BCUT2D eigenvalue weighted by molar-refractivity contribution is 7.93. The fourth-order valence-corrected chi connectivity index (χ4v) is 6.09. The molecule has 0 spiro atoms. The summed E-state index contributed by atoms with van der Waals surface area (Å²) in [6, 6.07) is 14.8. The van der Waals surface area contributed by atoms with Gasteiger partial charge in [-0.05, 0) is 36.4 Å². The van der Waals surface area contributed by atoms with Crippen LogP contribution in [0.3, 0.4) is 0 Å². The quantitative estimate of drug-likeness (QED) is 0.443. The van der Waals surface area contributed by atoms with E-state index in [-0.39, 0.29) is 31.3 Å². The number of sulfonamides is 1. The monoisotopic (exact) mass is 532 g/mol. The molecule has 0 saturated heterocycles. The molecule has 3 rings (SSSR count). The average molecular weight is 534 g/mol. The number of aliphatic hydroxyl groups excluding tert-OH is 1. The van der Waals surface area contributed by atoms with Crippen molar-refractivity contribution < 1.29 is 18.3 Å². The molecular weight excluding hydrogens is 518 g/mol. The number of carbonyl (C=O) groups is 1. The molecule has 3 aromatic carbocycles. The molecule has 0 aromatic heterocycles. The van der Waals surface area contributed by atoms with Gasteiger partial charge in [0.2, 0.25) is 5.91 Å². The van der Waals surface area contributed by atoms with Gasteiger partial charge in [-0.15, -0.1) is 0 Å². The van der Waals surface area contributed by atoms with Crippen LogP contribution < -0.4 is 10.0 Å². The zero-order chi connectivity index (χ0) is 23.6. The van der Waals surface area contributed by atoms with E-state index in [4.69, 9.17) is 52.1 Å². The van der Waals surface area contributed by atoms with Crippen LogP contribution in [0.4, 0.5) is 5.69 Å². The summed E-state index contributed by atoms with van der Waals surface area (Å²) in [7, 11) is -4.49. The Morgan fingerprint density at radius 3 is 2.09 bits per heavy atom. The predicted octanol–water partition coefficient (Wildman–Crippen LogP) is 5.06. The van der Waals surface area contributed by atoms with E-state index in [1.165, 1.54) is 36.4 Å². The maximum atomic E-state index is 13.6. The Bertz CT molecular complexity index is 1260. The molecule has 1 atom stereocenters. The number of nitrogens with zero attached hydrogens (tertiary/aromatic N) is 1. The summed E-state index contributed by atoms with van der Waals surface area (Å²) in [5, 5.41) is 11.3. The molecule has 3 aromatic rings. The summed E-state index contributed by atoms with van der Waals surface area (Å²) in [5.41, 5.74) is 5.70. The smallest absolute Gasteiger partial charge is 0.267 e. The molecule has 1 unspecified atom stereocenters. The van der Waals surface area contributed by atoms with Crippen LogP contribution in [0.5, 0.6) is 0 Å². The van der Waals surface area contributed by atoms with Crippen LogP contribution >= 0.6 is 46.4 Å². The number of amides is 1. The molecule has 0 saturated carbocycles. The molecule has 32 heavy (non-hydrogen) atoms. The summed E-state index contributed by atoms with van der Waals surface area (Å²) in [6.07, 6.45) is -1.37. The number of hydrogen-bond donors (Lipinski definition) is 2. The summed E-state index contributed by atoms with van der Waals surface area (Å²) in [5.74, 6) is -0.940. The van der Waals surface area contributed by atoms with Gasteiger partial charge >= 0.3 is 0 Å². The Morgan fingerprint density at radius 2 is 1.50 bits per heavy atom. The Kier molecular flexibility index (Phi) is 7.60. The van der Waals surface area contributed by atoms with Gasteiger partial charge in [0.1, 0.15) is 17.5 Å². The zero-order valence-electron chi connectivity index (χ0n) is 16.2. The second kappa shape index (κ2) is 9.87. The van der Waals surface area contributed by atoms with Gasteiger partial charge in [-0.2, -0.15) is 0 Å². The third-order valence-corrected chi connectivity index (χ3v) is 7.81. The summed E-state index contributed by atoms with van der Waals surface area (Å²) in [4.78, 5) is 11.4. The number of primary amides is 1. The summed E-state index contributed by atoms with van der Waals surface area (Å²) < 4.78 is 27.9. The van der Waals surface area contributed by atoms with E-state index in [1.54, 1.807) is 24.3 Å². The van der Waals surface area contributed by atoms with Crippen molar-refractivity contribution in [3.8, 4) is 0 Å². The van der Waals surface area contributed by atoms with Crippen molar-refractivity contribution in [3.05, 3.63) is 91.9 Å². The molecular formula is C21H16Cl4N2O4S. The van der Waals surface area contributed by atoms with E-state index in [0.717, 1.165) is 4.31 Å². The van der Waals surface area contributed by atoms with Crippen molar-refractivity contribution in [3.63, 3.8) is 0 Å². The minimum absolute atomic E-state index is 0.0448. The number of rotatable bonds is 7. The van der Waals surface area contributed by atoms with Crippen molar-refractivity contribution in [2.24, 2.45) is 5.73 Å². The van der Waals surface area contributed by atoms with Crippen LogP contribution in [-0.2, 0) is 14.8 Å². The number of carbonyl (C=O) groups excluding carboxylic acids is 1. The van der Waals surface area contributed by atoms with Gasteiger partial charge in [-0.25, -0.2) is 8.42 Å². The van der Waals surface area contributed by atoms with E-state index in [1.807, 2.05) is 0 Å². The minimum atomic E-state index is -4.49. The maximum Gasteiger partial charge on any atom is 0.267 e. The maximum absolute atomic E-state index is 13.6. The van der Waals surface area contributed by atoms with Gasteiger partial charge in [0.15, 0.2) is 0 Å². The second-order valence-corrected chi connectivity index (χ2v) is 10.1. The van der Waals surface area contributed by atoms with Gasteiger partial charge in [0, 0.05) is 21.2 Å². The first-order valence-corrected chi connectivity index (χ1v) is 12.0. The van der Waals surface area contributed by atoms with E-state index < -0.39 is 33.5 Å². The number of aliphatic hydroxyl groups is 1. The molecule has 0 fully saturated rings. The lowest BCUT2D eigenvalue weighted by Gasteiger charge is -2.28. The third-order valence-electron chi connectivity index (χ3n) is 4.52. The van der Waals surface area contributed by atoms with Gasteiger partial charge < -0.3 is 10.8 Å². The van der Waals surface area contributed by atoms with E-state index >= 15 is 0 Å². The lowest BCUT2D eigenvalue weighted by Crippen LogP contribution is -2.39. The average Bonchev–Trinajstić information content (AvgIpc) is 2.71. The number of nitrogens with two attached hydrogens (primary N) is 1. The predicted molar refractivity (Wildman–Crippen MR) is 127 cm³/mol. The normalized spacial score (nSPS) is 12.4. The van der Waals surface area contributed by atoms with Crippen LogP contribution in [0.15, 0.2) is 65.6 Å². The van der Waals surface area contributed by atoms with Crippen molar-refractivity contribution in [2.45, 2.75) is 11.0 Å². The first-order chi connectivity index (χ1) is 15.0. The molecule has 6 nitrogen and oxygen atoms in total. The molecule has 3 N–H and O–H groups in total. The first-order valence-electron chi connectivity index (χ1n) is 9.01. The fourth-order valence-electron chi connectivity index (χ4n) is 3.12. The molecule has 0 aliphatic rings. The zero-order valence-corrected chi connectivity index (χ0v) is 20.0. The highest BCUT2D eigenvalue weighted by atomic mass is 35.5.